The van der Waals surface area contributed by atoms with E-state index in [-0.39, 0.29) is 24.1 Å². The van der Waals surface area contributed by atoms with Crippen molar-refractivity contribution in [1.29, 1.82) is 0 Å². The molecule has 28 heavy (non-hydrogen) atoms. The summed E-state index contributed by atoms with van der Waals surface area (Å²) in [6.45, 7) is -0.244. The van der Waals surface area contributed by atoms with Gasteiger partial charge in [-0.3, -0.25) is 9.59 Å². The van der Waals surface area contributed by atoms with Crippen molar-refractivity contribution in [2.45, 2.75) is 0 Å². The second-order valence-electron chi connectivity index (χ2n) is 5.79. The normalized spacial score (nSPS) is 10.2. The van der Waals surface area contributed by atoms with Gasteiger partial charge in [0.05, 0.1) is 5.56 Å². The van der Waals surface area contributed by atoms with Gasteiger partial charge in [0.15, 0.2) is 6.61 Å². The van der Waals surface area contributed by atoms with Crippen LogP contribution in [0.4, 0.5) is 15.8 Å². The van der Waals surface area contributed by atoms with Crippen molar-refractivity contribution in [2.75, 3.05) is 23.9 Å². The van der Waals surface area contributed by atoms with Crippen LogP contribution in [0.15, 0.2) is 67.0 Å². The Kier molecular flexibility index (Phi) is 5.91. The van der Waals surface area contributed by atoms with E-state index in [1.807, 2.05) is 30.3 Å². The highest BCUT2D eigenvalue weighted by molar-refractivity contribution is 6.03. The Hall–Kier alpha value is -3.81. The monoisotopic (exact) mass is 380 g/mol. The average Bonchev–Trinajstić information content (AvgIpc) is 2.74. The van der Waals surface area contributed by atoms with Crippen LogP contribution >= 0.6 is 0 Å². The number of carbonyl (C=O) groups is 2. The summed E-state index contributed by atoms with van der Waals surface area (Å²) >= 11 is 0. The van der Waals surface area contributed by atoms with Crippen LogP contribution in [0.25, 0.3) is 0 Å². The van der Waals surface area contributed by atoms with E-state index < -0.39 is 11.7 Å². The molecular formula is C20H17FN4O3. The van der Waals surface area contributed by atoms with Crippen molar-refractivity contribution in [2.24, 2.45) is 0 Å². The number of likely N-dealkylation sites (N-methyl/N-ethyl adjacent to an activating group) is 1. The van der Waals surface area contributed by atoms with Gasteiger partial charge in [-0.15, -0.1) is 0 Å². The van der Waals surface area contributed by atoms with Crippen molar-refractivity contribution in [3.63, 3.8) is 0 Å². The number of hydrogen-bond acceptors (Lipinski definition) is 5. The Balaban J connectivity index is 1.54. The number of benzene rings is 2. The Morgan fingerprint density at radius 1 is 1.04 bits per heavy atom. The molecule has 1 N–H and O–H groups in total. The number of rotatable bonds is 6. The summed E-state index contributed by atoms with van der Waals surface area (Å²) in [5.74, 6) is -1.11. The van der Waals surface area contributed by atoms with Gasteiger partial charge in [0, 0.05) is 30.8 Å². The summed E-state index contributed by atoms with van der Waals surface area (Å²) in [5.41, 5.74) is 1.38. The van der Waals surface area contributed by atoms with Gasteiger partial charge in [-0.1, -0.05) is 18.2 Å². The highest BCUT2D eigenvalue weighted by Gasteiger charge is 2.13. The molecule has 8 heteroatoms. The first kappa shape index (κ1) is 19.0. The van der Waals surface area contributed by atoms with E-state index in [1.54, 1.807) is 7.05 Å². The summed E-state index contributed by atoms with van der Waals surface area (Å²) in [5, 5.41) is 2.60. The second kappa shape index (κ2) is 8.72. The Morgan fingerprint density at radius 3 is 2.32 bits per heavy atom. The lowest BCUT2D eigenvalue weighted by Crippen LogP contribution is -2.31. The SMILES string of the molecule is CN(C(=O)COc1ncc(C(=O)Nc2ccc(F)cc2)cn1)c1ccccc1. The predicted octanol–water partition coefficient (Wildman–Crippen LogP) is 2.91. The molecule has 142 valence electrons. The molecule has 0 saturated heterocycles. The third-order valence-corrected chi connectivity index (χ3v) is 3.83. The molecule has 1 aromatic heterocycles. The van der Waals surface area contributed by atoms with Gasteiger partial charge in [-0.25, -0.2) is 14.4 Å². The van der Waals surface area contributed by atoms with Gasteiger partial charge in [0.2, 0.25) is 0 Å². The van der Waals surface area contributed by atoms with Crippen LogP contribution in [-0.2, 0) is 4.79 Å². The third-order valence-electron chi connectivity index (χ3n) is 3.83. The quantitative estimate of drug-likeness (QED) is 0.711. The molecular weight excluding hydrogens is 363 g/mol. The second-order valence-corrected chi connectivity index (χ2v) is 5.79. The molecule has 0 saturated carbocycles. The Morgan fingerprint density at radius 2 is 1.68 bits per heavy atom. The van der Waals surface area contributed by atoms with Crippen LogP contribution in [0.3, 0.4) is 0 Å². The first-order valence-electron chi connectivity index (χ1n) is 8.36. The van der Waals surface area contributed by atoms with Crippen molar-refractivity contribution < 1.29 is 18.7 Å². The van der Waals surface area contributed by atoms with E-state index in [2.05, 4.69) is 15.3 Å². The van der Waals surface area contributed by atoms with Gasteiger partial charge in [-0.2, -0.15) is 0 Å². The number of halogens is 1. The van der Waals surface area contributed by atoms with Crippen molar-refractivity contribution in [3.05, 3.63) is 78.4 Å². The molecule has 0 spiro atoms. The Labute approximate surface area is 160 Å². The van der Waals surface area contributed by atoms with Crippen LogP contribution in [0.2, 0.25) is 0 Å². The molecule has 0 aliphatic carbocycles. The summed E-state index contributed by atoms with van der Waals surface area (Å²) in [6.07, 6.45) is 2.57. The zero-order chi connectivity index (χ0) is 19.9. The largest absolute Gasteiger partial charge is 0.453 e. The van der Waals surface area contributed by atoms with Gasteiger partial charge in [0.1, 0.15) is 5.82 Å². The number of para-hydroxylation sites is 1. The number of aromatic nitrogens is 2. The van der Waals surface area contributed by atoms with Crippen molar-refractivity contribution in [3.8, 4) is 6.01 Å². The van der Waals surface area contributed by atoms with Gasteiger partial charge in [-0.05, 0) is 36.4 Å². The molecule has 2 amide bonds. The zero-order valence-electron chi connectivity index (χ0n) is 15.0. The minimum absolute atomic E-state index is 0.0202. The molecule has 2 aromatic carbocycles. The number of amides is 2. The van der Waals surface area contributed by atoms with Crippen LogP contribution in [0.1, 0.15) is 10.4 Å². The average molecular weight is 380 g/mol. The maximum Gasteiger partial charge on any atom is 0.316 e. The number of carbonyl (C=O) groups excluding carboxylic acids is 2. The van der Waals surface area contributed by atoms with E-state index in [1.165, 1.54) is 41.6 Å². The van der Waals surface area contributed by atoms with Gasteiger partial charge >= 0.3 is 6.01 Å². The minimum atomic E-state index is -0.446. The third kappa shape index (κ3) is 4.88. The molecule has 1 heterocycles. The lowest BCUT2D eigenvalue weighted by atomic mass is 10.2. The summed E-state index contributed by atoms with van der Waals surface area (Å²) in [6, 6.07) is 14.5. The number of ether oxygens (including phenoxy) is 1. The van der Waals surface area contributed by atoms with Crippen LogP contribution in [0, 0.1) is 5.82 Å². The van der Waals surface area contributed by atoms with Crippen LogP contribution < -0.4 is 15.0 Å². The van der Waals surface area contributed by atoms with E-state index in [9.17, 15) is 14.0 Å². The molecule has 0 bridgehead atoms. The molecule has 0 atom stereocenters. The molecule has 3 rings (SSSR count). The van der Waals surface area contributed by atoms with Crippen molar-refractivity contribution >= 4 is 23.2 Å². The predicted molar refractivity (Wildman–Crippen MR) is 102 cm³/mol. The van der Waals surface area contributed by atoms with E-state index in [0.717, 1.165) is 5.69 Å². The fourth-order valence-electron chi connectivity index (χ4n) is 2.26. The van der Waals surface area contributed by atoms with Crippen molar-refractivity contribution in [1.82, 2.24) is 9.97 Å². The molecule has 0 aliphatic rings. The standard InChI is InChI=1S/C20H17FN4O3/c1-25(17-5-3-2-4-6-17)18(26)13-28-20-22-11-14(12-23-20)19(27)24-16-9-7-15(21)8-10-16/h2-12H,13H2,1H3,(H,24,27). The fourth-order valence-corrected chi connectivity index (χ4v) is 2.26. The maximum atomic E-state index is 12.9. The Bertz CT molecular complexity index is 947. The van der Waals surface area contributed by atoms with Crippen LogP contribution in [0.5, 0.6) is 6.01 Å². The summed E-state index contributed by atoms with van der Waals surface area (Å²) < 4.78 is 18.2. The highest BCUT2D eigenvalue weighted by atomic mass is 19.1. The van der Waals surface area contributed by atoms with Gasteiger partial charge in [0.25, 0.3) is 11.8 Å². The number of nitrogens with one attached hydrogen (secondary N) is 1. The lowest BCUT2D eigenvalue weighted by molar-refractivity contribution is -0.120. The first-order chi connectivity index (χ1) is 13.5. The maximum absolute atomic E-state index is 12.9. The smallest absolute Gasteiger partial charge is 0.316 e. The summed E-state index contributed by atoms with van der Waals surface area (Å²) in [7, 11) is 1.64. The van der Waals surface area contributed by atoms with E-state index >= 15 is 0 Å². The summed E-state index contributed by atoms with van der Waals surface area (Å²) in [4.78, 5) is 33.6. The zero-order valence-corrected chi connectivity index (χ0v) is 15.0. The van der Waals surface area contributed by atoms with Gasteiger partial charge < -0.3 is 15.0 Å². The highest BCUT2D eigenvalue weighted by Crippen LogP contribution is 2.12. The fraction of sp³-hybridized carbons (Fsp3) is 0.100. The first-order valence-corrected chi connectivity index (χ1v) is 8.36. The number of hydrogen-bond donors (Lipinski definition) is 1. The number of anilines is 2. The minimum Gasteiger partial charge on any atom is -0.453 e. The van der Waals surface area contributed by atoms with E-state index in [0.29, 0.717) is 5.69 Å². The molecule has 0 unspecified atom stereocenters. The van der Waals surface area contributed by atoms with E-state index in [4.69, 9.17) is 4.74 Å². The lowest BCUT2D eigenvalue weighted by Gasteiger charge is -2.16. The molecule has 0 radical (unpaired) electrons. The molecule has 3 aromatic rings. The van der Waals surface area contributed by atoms with Crippen LogP contribution in [-0.4, -0.2) is 35.4 Å². The molecule has 7 nitrogen and oxygen atoms in total. The molecule has 0 aliphatic heterocycles. The molecule has 0 fully saturated rings. The number of nitrogens with zero attached hydrogens (tertiary/aromatic N) is 3. The topological polar surface area (TPSA) is 84.4 Å².